The Labute approximate surface area is 119 Å². The lowest BCUT2D eigenvalue weighted by atomic mass is 10.1. The lowest BCUT2D eigenvalue weighted by molar-refractivity contribution is 0.102. The third-order valence-corrected chi connectivity index (χ3v) is 3.48. The first-order valence-corrected chi connectivity index (χ1v) is 6.78. The molecule has 1 amide bonds. The van der Waals surface area contributed by atoms with Crippen LogP contribution in [0.3, 0.4) is 0 Å². The number of benzene rings is 2. The number of hydrogen-bond donors (Lipinski definition) is 2. The van der Waals surface area contributed by atoms with Gasteiger partial charge in [0.1, 0.15) is 0 Å². The van der Waals surface area contributed by atoms with Crippen molar-refractivity contribution in [1.82, 2.24) is 0 Å². The molecule has 3 nitrogen and oxygen atoms in total. The van der Waals surface area contributed by atoms with Gasteiger partial charge in [-0.15, -0.1) is 0 Å². The summed E-state index contributed by atoms with van der Waals surface area (Å²) in [7, 11) is 0. The van der Waals surface area contributed by atoms with Gasteiger partial charge in [-0.3, -0.25) is 4.79 Å². The largest absolute Gasteiger partial charge is 0.330 e. The highest BCUT2D eigenvalue weighted by atomic mass is 16.1. The highest BCUT2D eigenvalue weighted by Crippen LogP contribution is 2.19. The van der Waals surface area contributed by atoms with E-state index in [9.17, 15) is 4.79 Å². The van der Waals surface area contributed by atoms with Crippen molar-refractivity contribution in [2.45, 2.75) is 20.3 Å². The quantitative estimate of drug-likeness (QED) is 0.895. The van der Waals surface area contributed by atoms with Gasteiger partial charge in [-0.25, -0.2) is 0 Å². The van der Waals surface area contributed by atoms with Crippen LogP contribution in [0.4, 0.5) is 5.69 Å². The Hall–Kier alpha value is -2.13. The summed E-state index contributed by atoms with van der Waals surface area (Å²) < 4.78 is 0. The van der Waals surface area contributed by atoms with Crippen LogP contribution in [-0.2, 0) is 6.42 Å². The van der Waals surface area contributed by atoms with Crippen molar-refractivity contribution in [1.29, 1.82) is 0 Å². The second-order valence-corrected chi connectivity index (χ2v) is 4.94. The molecule has 0 aliphatic rings. The summed E-state index contributed by atoms with van der Waals surface area (Å²) >= 11 is 0. The van der Waals surface area contributed by atoms with E-state index in [4.69, 9.17) is 5.73 Å². The maximum atomic E-state index is 12.3. The van der Waals surface area contributed by atoms with E-state index in [1.165, 1.54) is 5.56 Å². The van der Waals surface area contributed by atoms with Crippen molar-refractivity contribution in [3.05, 3.63) is 64.7 Å². The van der Waals surface area contributed by atoms with Gasteiger partial charge in [0, 0.05) is 11.3 Å². The topological polar surface area (TPSA) is 55.1 Å². The van der Waals surface area contributed by atoms with E-state index in [0.29, 0.717) is 12.1 Å². The zero-order chi connectivity index (χ0) is 14.5. The summed E-state index contributed by atoms with van der Waals surface area (Å²) in [6.07, 6.45) is 0.782. The lowest BCUT2D eigenvalue weighted by Crippen LogP contribution is -2.13. The summed E-state index contributed by atoms with van der Waals surface area (Å²) in [5.41, 5.74) is 10.4. The summed E-state index contributed by atoms with van der Waals surface area (Å²) in [4.78, 5) is 12.3. The van der Waals surface area contributed by atoms with Crippen LogP contribution in [0.25, 0.3) is 0 Å². The molecule has 3 heteroatoms. The highest BCUT2D eigenvalue weighted by molar-refractivity contribution is 6.04. The number of carbonyl (C=O) groups is 1. The molecule has 2 aromatic carbocycles. The zero-order valence-electron chi connectivity index (χ0n) is 11.9. The summed E-state index contributed by atoms with van der Waals surface area (Å²) in [6.45, 7) is 4.63. The van der Waals surface area contributed by atoms with Crippen molar-refractivity contribution in [3.63, 3.8) is 0 Å². The Bertz CT molecular complexity index is 620. The van der Waals surface area contributed by atoms with E-state index in [0.717, 1.165) is 23.2 Å². The number of carbonyl (C=O) groups excluding carboxylic acids is 1. The van der Waals surface area contributed by atoms with E-state index in [1.54, 1.807) is 0 Å². The molecule has 0 spiro atoms. The van der Waals surface area contributed by atoms with Gasteiger partial charge in [-0.05, 0) is 61.7 Å². The van der Waals surface area contributed by atoms with Crippen molar-refractivity contribution in [2.75, 3.05) is 11.9 Å². The fourth-order valence-corrected chi connectivity index (χ4v) is 2.12. The summed E-state index contributed by atoms with van der Waals surface area (Å²) in [6, 6.07) is 13.5. The molecule has 2 rings (SSSR count). The predicted molar refractivity (Wildman–Crippen MR) is 83.1 cm³/mol. The van der Waals surface area contributed by atoms with Crippen LogP contribution < -0.4 is 11.1 Å². The molecule has 0 bridgehead atoms. The monoisotopic (exact) mass is 268 g/mol. The minimum absolute atomic E-state index is 0.0856. The average molecular weight is 268 g/mol. The normalized spacial score (nSPS) is 10.3. The van der Waals surface area contributed by atoms with E-state index < -0.39 is 0 Å². The van der Waals surface area contributed by atoms with Crippen LogP contribution >= 0.6 is 0 Å². The molecule has 104 valence electrons. The van der Waals surface area contributed by atoms with E-state index in [2.05, 4.69) is 5.32 Å². The first kappa shape index (κ1) is 14.3. The third-order valence-electron chi connectivity index (χ3n) is 3.48. The smallest absolute Gasteiger partial charge is 0.255 e. The SMILES string of the molecule is Cc1cccc(NC(=O)c2cccc(CCN)c2)c1C. The Balaban J connectivity index is 2.19. The van der Waals surface area contributed by atoms with Crippen molar-refractivity contribution in [3.8, 4) is 0 Å². The number of nitrogens with two attached hydrogens (primary N) is 1. The second-order valence-electron chi connectivity index (χ2n) is 4.94. The maximum absolute atomic E-state index is 12.3. The molecule has 0 saturated carbocycles. The van der Waals surface area contributed by atoms with Crippen molar-refractivity contribution >= 4 is 11.6 Å². The van der Waals surface area contributed by atoms with Crippen LogP contribution in [0.5, 0.6) is 0 Å². The second kappa shape index (κ2) is 6.35. The molecule has 2 aromatic rings. The zero-order valence-corrected chi connectivity index (χ0v) is 11.9. The molecule has 0 aliphatic heterocycles. The highest BCUT2D eigenvalue weighted by Gasteiger charge is 2.08. The van der Waals surface area contributed by atoms with E-state index in [1.807, 2.05) is 56.3 Å². The van der Waals surface area contributed by atoms with Gasteiger partial charge in [0.25, 0.3) is 5.91 Å². The van der Waals surface area contributed by atoms with Crippen LogP contribution in [0.1, 0.15) is 27.0 Å². The third kappa shape index (κ3) is 3.25. The van der Waals surface area contributed by atoms with Crippen LogP contribution in [0, 0.1) is 13.8 Å². The fraction of sp³-hybridized carbons (Fsp3) is 0.235. The van der Waals surface area contributed by atoms with Crippen molar-refractivity contribution in [2.24, 2.45) is 5.73 Å². The number of amides is 1. The molecule has 0 aromatic heterocycles. The Kier molecular flexibility index (Phi) is 4.53. The molecule has 3 N–H and O–H groups in total. The van der Waals surface area contributed by atoms with Crippen LogP contribution in [0.2, 0.25) is 0 Å². The minimum atomic E-state index is -0.0856. The van der Waals surface area contributed by atoms with Gasteiger partial charge in [0.05, 0.1) is 0 Å². The van der Waals surface area contributed by atoms with Gasteiger partial charge >= 0.3 is 0 Å². The molecular formula is C17H20N2O. The number of anilines is 1. The lowest BCUT2D eigenvalue weighted by Gasteiger charge is -2.11. The van der Waals surface area contributed by atoms with Crippen LogP contribution in [0.15, 0.2) is 42.5 Å². The number of rotatable bonds is 4. The van der Waals surface area contributed by atoms with Crippen LogP contribution in [-0.4, -0.2) is 12.5 Å². The average Bonchev–Trinajstić information content (AvgIpc) is 2.44. The first-order valence-electron chi connectivity index (χ1n) is 6.78. The molecule has 20 heavy (non-hydrogen) atoms. The van der Waals surface area contributed by atoms with Gasteiger partial charge in [0.2, 0.25) is 0 Å². The minimum Gasteiger partial charge on any atom is -0.330 e. The Morgan fingerprint density at radius 1 is 1.15 bits per heavy atom. The van der Waals surface area contributed by atoms with Gasteiger partial charge < -0.3 is 11.1 Å². The molecule has 0 radical (unpaired) electrons. The number of aryl methyl sites for hydroxylation is 1. The van der Waals surface area contributed by atoms with E-state index >= 15 is 0 Å². The maximum Gasteiger partial charge on any atom is 0.255 e. The molecular weight excluding hydrogens is 248 g/mol. The van der Waals surface area contributed by atoms with Crippen molar-refractivity contribution < 1.29 is 4.79 Å². The standard InChI is InChI=1S/C17H20N2O/c1-12-5-3-8-16(13(12)2)19-17(20)15-7-4-6-14(11-15)9-10-18/h3-8,11H,9-10,18H2,1-2H3,(H,19,20). The molecule has 0 fully saturated rings. The summed E-state index contributed by atoms with van der Waals surface area (Å²) in [5, 5.41) is 2.97. The first-order chi connectivity index (χ1) is 9.61. The van der Waals surface area contributed by atoms with E-state index in [-0.39, 0.29) is 5.91 Å². The fourth-order valence-electron chi connectivity index (χ4n) is 2.12. The molecule has 0 unspecified atom stereocenters. The van der Waals surface area contributed by atoms with Gasteiger partial charge in [0.15, 0.2) is 0 Å². The van der Waals surface area contributed by atoms with Gasteiger partial charge in [-0.1, -0.05) is 24.3 Å². The molecule has 0 saturated heterocycles. The Morgan fingerprint density at radius 2 is 1.90 bits per heavy atom. The number of nitrogens with one attached hydrogen (secondary N) is 1. The van der Waals surface area contributed by atoms with Gasteiger partial charge in [-0.2, -0.15) is 0 Å². The Morgan fingerprint density at radius 3 is 2.65 bits per heavy atom. The molecule has 0 atom stereocenters. The number of hydrogen-bond acceptors (Lipinski definition) is 2. The molecule has 0 heterocycles. The predicted octanol–water partition coefficient (Wildman–Crippen LogP) is 3.06. The summed E-state index contributed by atoms with van der Waals surface area (Å²) in [5.74, 6) is -0.0856. The molecule has 0 aliphatic carbocycles.